The van der Waals surface area contributed by atoms with Gasteiger partial charge in [0, 0.05) is 25.2 Å². The summed E-state index contributed by atoms with van der Waals surface area (Å²) in [5, 5.41) is 5.86. The molecule has 1 atom stereocenters. The molecule has 2 aromatic rings. The third-order valence-corrected chi connectivity index (χ3v) is 4.97. The second kappa shape index (κ2) is 8.71. The van der Waals surface area contributed by atoms with E-state index in [-0.39, 0.29) is 18.0 Å². The number of aryl methyl sites for hydroxylation is 1. The zero-order valence-electron chi connectivity index (χ0n) is 16.0. The molecule has 1 saturated heterocycles. The Morgan fingerprint density at radius 2 is 1.93 bits per heavy atom. The van der Waals surface area contributed by atoms with Crippen LogP contribution in [-0.4, -0.2) is 23.4 Å². The van der Waals surface area contributed by atoms with Gasteiger partial charge in [-0.3, -0.25) is 4.79 Å². The number of rotatable bonds is 6. The lowest BCUT2D eigenvalue weighted by atomic mass is 10.1. The van der Waals surface area contributed by atoms with E-state index in [1.807, 2.05) is 36.1 Å². The summed E-state index contributed by atoms with van der Waals surface area (Å²) in [7, 11) is 0. The van der Waals surface area contributed by atoms with Gasteiger partial charge >= 0.3 is 6.03 Å². The molecule has 5 nitrogen and oxygen atoms in total. The normalized spacial score (nSPS) is 14.9. The van der Waals surface area contributed by atoms with Crippen LogP contribution in [0.3, 0.4) is 0 Å². The van der Waals surface area contributed by atoms with Crippen LogP contribution < -0.4 is 10.6 Å². The van der Waals surface area contributed by atoms with Gasteiger partial charge in [0.15, 0.2) is 0 Å². The Hall–Kier alpha value is -2.82. The van der Waals surface area contributed by atoms with Crippen molar-refractivity contribution in [3.05, 3.63) is 65.2 Å². The summed E-state index contributed by atoms with van der Waals surface area (Å²) < 4.78 is 0. The molecule has 1 heterocycles. The molecule has 0 saturated carbocycles. The van der Waals surface area contributed by atoms with Gasteiger partial charge in [0.1, 0.15) is 0 Å². The molecule has 142 valence electrons. The summed E-state index contributed by atoms with van der Waals surface area (Å²) in [6.45, 7) is 5.50. The van der Waals surface area contributed by atoms with Gasteiger partial charge in [-0.25, -0.2) is 4.79 Å². The maximum absolute atomic E-state index is 12.3. The number of benzene rings is 2. The van der Waals surface area contributed by atoms with E-state index in [9.17, 15) is 9.59 Å². The SMILES string of the molecule is CCc1ccc(C(C)NC(=O)Nc2cccc(CN3CCCC3=O)c2)cc1. The molecule has 3 amide bonds. The Bertz CT molecular complexity index is 801. The number of anilines is 1. The fourth-order valence-corrected chi connectivity index (χ4v) is 3.33. The van der Waals surface area contributed by atoms with Gasteiger partial charge in [0.2, 0.25) is 5.91 Å². The maximum Gasteiger partial charge on any atom is 0.319 e. The number of hydrogen-bond donors (Lipinski definition) is 2. The summed E-state index contributed by atoms with van der Waals surface area (Å²) in [5.41, 5.74) is 4.10. The van der Waals surface area contributed by atoms with Gasteiger partial charge in [0.05, 0.1) is 6.04 Å². The molecule has 27 heavy (non-hydrogen) atoms. The van der Waals surface area contributed by atoms with Gasteiger partial charge in [-0.05, 0) is 48.6 Å². The van der Waals surface area contributed by atoms with Gasteiger partial charge in [0.25, 0.3) is 0 Å². The topological polar surface area (TPSA) is 61.4 Å². The summed E-state index contributed by atoms with van der Waals surface area (Å²) in [5.74, 6) is 0.203. The fourth-order valence-electron chi connectivity index (χ4n) is 3.33. The summed E-state index contributed by atoms with van der Waals surface area (Å²) >= 11 is 0. The number of amides is 3. The van der Waals surface area contributed by atoms with Crippen LogP contribution in [-0.2, 0) is 17.8 Å². The monoisotopic (exact) mass is 365 g/mol. The number of urea groups is 1. The van der Waals surface area contributed by atoms with E-state index in [0.29, 0.717) is 13.0 Å². The number of nitrogens with zero attached hydrogens (tertiary/aromatic N) is 1. The Morgan fingerprint density at radius 3 is 2.59 bits per heavy atom. The van der Waals surface area contributed by atoms with Gasteiger partial charge < -0.3 is 15.5 Å². The number of nitrogens with one attached hydrogen (secondary N) is 2. The molecule has 1 aliphatic heterocycles. The van der Waals surface area contributed by atoms with Crippen molar-refractivity contribution in [2.75, 3.05) is 11.9 Å². The first-order valence-corrected chi connectivity index (χ1v) is 9.58. The second-order valence-corrected chi connectivity index (χ2v) is 7.03. The highest BCUT2D eigenvalue weighted by Gasteiger charge is 2.20. The van der Waals surface area contributed by atoms with Crippen LogP contribution in [0.4, 0.5) is 10.5 Å². The molecular weight excluding hydrogens is 338 g/mol. The van der Waals surface area contributed by atoms with Crippen LogP contribution in [0.1, 0.15) is 49.4 Å². The minimum atomic E-state index is -0.239. The standard InChI is InChI=1S/C22H27N3O2/c1-3-17-9-11-19(12-10-17)16(2)23-22(27)24-20-7-4-6-18(14-20)15-25-13-5-8-21(25)26/h4,6-7,9-12,14,16H,3,5,8,13,15H2,1-2H3,(H2,23,24,27). The highest BCUT2D eigenvalue weighted by molar-refractivity contribution is 5.89. The largest absolute Gasteiger partial charge is 0.338 e. The molecule has 0 aromatic heterocycles. The van der Waals surface area contributed by atoms with Crippen LogP contribution in [0.5, 0.6) is 0 Å². The van der Waals surface area contributed by atoms with Crippen LogP contribution in [0.25, 0.3) is 0 Å². The van der Waals surface area contributed by atoms with Crippen LogP contribution in [0.2, 0.25) is 0 Å². The molecule has 1 aliphatic rings. The van der Waals surface area contributed by atoms with Gasteiger partial charge in [-0.2, -0.15) is 0 Å². The quantitative estimate of drug-likeness (QED) is 0.804. The van der Waals surface area contributed by atoms with Crippen molar-refractivity contribution in [2.45, 2.75) is 45.7 Å². The zero-order chi connectivity index (χ0) is 19.2. The molecule has 2 aromatic carbocycles. The van der Waals surface area contributed by atoms with Gasteiger partial charge in [-0.15, -0.1) is 0 Å². The molecule has 3 rings (SSSR count). The summed E-state index contributed by atoms with van der Waals surface area (Å²) in [6, 6.07) is 15.6. The highest BCUT2D eigenvalue weighted by atomic mass is 16.2. The molecule has 1 unspecified atom stereocenters. The molecular formula is C22H27N3O2. The van der Waals surface area contributed by atoms with Crippen molar-refractivity contribution in [2.24, 2.45) is 0 Å². The van der Waals surface area contributed by atoms with Crippen molar-refractivity contribution in [1.29, 1.82) is 0 Å². The summed E-state index contributed by atoms with van der Waals surface area (Å²) in [4.78, 5) is 26.0. The lowest BCUT2D eigenvalue weighted by Crippen LogP contribution is -2.31. The predicted molar refractivity (Wildman–Crippen MR) is 107 cm³/mol. The fraction of sp³-hybridized carbons (Fsp3) is 0.364. The van der Waals surface area contributed by atoms with Crippen molar-refractivity contribution in [3.8, 4) is 0 Å². The predicted octanol–water partition coefficient (Wildman–Crippen LogP) is 4.25. The van der Waals surface area contributed by atoms with E-state index in [1.165, 1.54) is 5.56 Å². The van der Waals surface area contributed by atoms with E-state index in [0.717, 1.165) is 36.2 Å². The Morgan fingerprint density at radius 1 is 1.15 bits per heavy atom. The first kappa shape index (κ1) is 19.0. The highest BCUT2D eigenvalue weighted by Crippen LogP contribution is 2.18. The zero-order valence-corrected chi connectivity index (χ0v) is 16.0. The van der Waals surface area contributed by atoms with E-state index in [2.05, 4.69) is 41.8 Å². The number of likely N-dealkylation sites (tertiary alicyclic amines) is 1. The van der Waals surface area contributed by atoms with E-state index in [1.54, 1.807) is 0 Å². The number of carbonyl (C=O) groups excluding carboxylic acids is 2. The smallest absolute Gasteiger partial charge is 0.319 e. The lowest BCUT2D eigenvalue weighted by Gasteiger charge is -2.17. The van der Waals surface area contributed by atoms with E-state index < -0.39 is 0 Å². The van der Waals surface area contributed by atoms with Crippen molar-refractivity contribution >= 4 is 17.6 Å². The van der Waals surface area contributed by atoms with E-state index >= 15 is 0 Å². The molecule has 0 aliphatic carbocycles. The first-order valence-electron chi connectivity index (χ1n) is 9.58. The molecule has 0 radical (unpaired) electrons. The Labute approximate surface area is 160 Å². The van der Waals surface area contributed by atoms with Crippen LogP contribution in [0.15, 0.2) is 48.5 Å². The van der Waals surface area contributed by atoms with Crippen molar-refractivity contribution < 1.29 is 9.59 Å². The maximum atomic E-state index is 12.3. The third-order valence-electron chi connectivity index (χ3n) is 4.97. The summed E-state index contributed by atoms with van der Waals surface area (Å²) in [6.07, 6.45) is 2.57. The van der Waals surface area contributed by atoms with Crippen molar-refractivity contribution in [3.63, 3.8) is 0 Å². The number of carbonyl (C=O) groups is 2. The number of hydrogen-bond acceptors (Lipinski definition) is 2. The third kappa shape index (κ3) is 5.09. The average molecular weight is 365 g/mol. The second-order valence-electron chi connectivity index (χ2n) is 7.03. The molecule has 1 fully saturated rings. The minimum absolute atomic E-state index is 0.0821. The minimum Gasteiger partial charge on any atom is -0.338 e. The Balaban J connectivity index is 1.56. The van der Waals surface area contributed by atoms with Crippen LogP contribution in [0, 0.1) is 0 Å². The molecule has 0 spiro atoms. The Kier molecular flexibility index (Phi) is 6.12. The van der Waals surface area contributed by atoms with Crippen LogP contribution >= 0.6 is 0 Å². The van der Waals surface area contributed by atoms with E-state index in [4.69, 9.17) is 0 Å². The molecule has 2 N–H and O–H groups in total. The first-order chi connectivity index (χ1) is 13.0. The average Bonchev–Trinajstić information content (AvgIpc) is 3.06. The molecule has 5 heteroatoms. The van der Waals surface area contributed by atoms with Crippen molar-refractivity contribution in [1.82, 2.24) is 10.2 Å². The molecule has 0 bridgehead atoms. The lowest BCUT2D eigenvalue weighted by molar-refractivity contribution is -0.128. The van der Waals surface area contributed by atoms with Gasteiger partial charge in [-0.1, -0.05) is 43.3 Å².